The Morgan fingerprint density at radius 3 is 2.79 bits per heavy atom. The second kappa shape index (κ2) is 4.48. The summed E-state index contributed by atoms with van der Waals surface area (Å²) in [4.78, 5) is 0. The molecule has 0 aromatic heterocycles. The minimum absolute atomic E-state index is 0.111. The quantitative estimate of drug-likeness (QED) is 0.772. The lowest BCUT2D eigenvalue weighted by Crippen LogP contribution is -2.47. The van der Waals surface area contributed by atoms with E-state index in [9.17, 15) is 4.39 Å². The molecule has 0 radical (unpaired) electrons. The highest BCUT2D eigenvalue weighted by molar-refractivity contribution is 5.39. The second-order valence-electron chi connectivity index (χ2n) is 6.48. The Morgan fingerprint density at radius 2 is 2.05 bits per heavy atom. The Balaban J connectivity index is 1.90. The minimum atomic E-state index is -0.237. The van der Waals surface area contributed by atoms with Crippen LogP contribution in [0.15, 0.2) is 18.2 Å². The molecule has 1 aromatic carbocycles. The molecule has 1 aromatic rings. The van der Waals surface area contributed by atoms with Crippen LogP contribution >= 0.6 is 0 Å². The largest absolute Gasteiger partial charge is 0.487 e. The molecular formula is C16H22FNO. The average molecular weight is 263 g/mol. The van der Waals surface area contributed by atoms with Crippen LogP contribution in [-0.4, -0.2) is 5.60 Å². The van der Waals surface area contributed by atoms with Gasteiger partial charge in [0, 0.05) is 18.0 Å². The van der Waals surface area contributed by atoms with Gasteiger partial charge in [0.25, 0.3) is 0 Å². The summed E-state index contributed by atoms with van der Waals surface area (Å²) in [5, 5.41) is 0. The van der Waals surface area contributed by atoms with Crippen molar-refractivity contribution in [2.24, 2.45) is 17.6 Å². The van der Waals surface area contributed by atoms with Crippen LogP contribution in [0.25, 0.3) is 0 Å². The van der Waals surface area contributed by atoms with Gasteiger partial charge in [-0.3, -0.25) is 0 Å². The van der Waals surface area contributed by atoms with Crippen molar-refractivity contribution in [2.45, 2.75) is 51.2 Å². The number of hydrogen-bond acceptors (Lipinski definition) is 2. The molecule has 3 unspecified atom stereocenters. The maximum atomic E-state index is 13.3. The van der Waals surface area contributed by atoms with Crippen LogP contribution in [0.4, 0.5) is 4.39 Å². The van der Waals surface area contributed by atoms with E-state index in [4.69, 9.17) is 10.5 Å². The number of halogens is 1. The first-order chi connectivity index (χ1) is 8.99. The first kappa shape index (κ1) is 12.9. The monoisotopic (exact) mass is 263 g/mol. The van der Waals surface area contributed by atoms with Crippen molar-refractivity contribution >= 4 is 0 Å². The lowest BCUT2D eigenvalue weighted by atomic mass is 9.69. The normalized spacial score (nSPS) is 37.8. The highest BCUT2D eigenvalue weighted by Gasteiger charge is 2.44. The van der Waals surface area contributed by atoms with Crippen molar-refractivity contribution in [3.63, 3.8) is 0 Å². The van der Waals surface area contributed by atoms with Gasteiger partial charge in [0.05, 0.1) is 0 Å². The predicted molar refractivity (Wildman–Crippen MR) is 73.5 cm³/mol. The smallest absolute Gasteiger partial charge is 0.125 e. The molecule has 104 valence electrons. The van der Waals surface area contributed by atoms with Crippen LogP contribution in [-0.2, 0) is 0 Å². The minimum Gasteiger partial charge on any atom is -0.487 e. The van der Waals surface area contributed by atoms with E-state index in [1.165, 1.54) is 18.6 Å². The van der Waals surface area contributed by atoms with Crippen molar-refractivity contribution in [1.29, 1.82) is 0 Å². The average Bonchev–Trinajstić information content (AvgIpc) is 2.36. The molecule has 1 saturated carbocycles. The number of rotatable bonds is 0. The Bertz CT molecular complexity index is 490. The molecule has 2 N–H and O–H groups in total. The summed E-state index contributed by atoms with van der Waals surface area (Å²) in [6.07, 6.45) is 4.10. The van der Waals surface area contributed by atoms with E-state index >= 15 is 0 Å². The Labute approximate surface area is 114 Å². The van der Waals surface area contributed by atoms with Crippen LogP contribution in [0, 0.1) is 17.7 Å². The third-order valence-electron chi connectivity index (χ3n) is 5.01. The van der Waals surface area contributed by atoms with E-state index in [0.29, 0.717) is 5.92 Å². The molecule has 1 fully saturated rings. The first-order valence-corrected chi connectivity index (χ1v) is 7.23. The zero-order valence-corrected chi connectivity index (χ0v) is 11.7. The fraction of sp³-hybridized carbons (Fsp3) is 0.625. The van der Waals surface area contributed by atoms with Gasteiger partial charge in [-0.05, 0) is 49.3 Å². The molecule has 1 spiro atoms. The van der Waals surface area contributed by atoms with Gasteiger partial charge in [-0.25, -0.2) is 4.39 Å². The van der Waals surface area contributed by atoms with Crippen molar-refractivity contribution in [3.8, 4) is 5.75 Å². The van der Waals surface area contributed by atoms with Gasteiger partial charge < -0.3 is 10.5 Å². The molecule has 4 atom stereocenters. The highest BCUT2D eigenvalue weighted by atomic mass is 19.1. The summed E-state index contributed by atoms with van der Waals surface area (Å²) in [5.74, 6) is 1.95. The second-order valence-corrected chi connectivity index (χ2v) is 6.48. The summed E-state index contributed by atoms with van der Waals surface area (Å²) < 4.78 is 19.6. The number of hydrogen-bond donors (Lipinski definition) is 1. The Hall–Kier alpha value is -1.09. The van der Waals surface area contributed by atoms with Gasteiger partial charge in [0.1, 0.15) is 17.2 Å². The van der Waals surface area contributed by atoms with Gasteiger partial charge in [0.2, 0.25) is 0 Å². The maximum absolute atomic E-state index is 13.3. The highest BCUT2D eigenvalue weighted by Crippen LogP contribution is 2.48. The van der Waals surface area contributed by atoms with E-state index in [-0.39, 0.29) is 17.5 Å². The maximum Gasteiger partial charge on any atom is 0.125 e. The Kier molecular flexibility index (Phi) is 3.05. The summed E-state index contributed by atoms with van der Waals surface area (Å²) in [6, 6.07) is 4.59. The summed E-state index contributed by atoms with van der Waals surface area (Å²) in [7, 11) is 0. The lowest BCUT2D eigenvalue weighted by Gasteiger charge is -2.47. The third-order valence-corrected chi connectivity index (χ3v) is 5.01. The van der Waals surface area contributed by atoms with Crippen molar-refractivity contribution in [1.82, 2.24) is 0 Å². The molecule has 1 aliphatic heterocycles. The number of benzene rings is 1. The molecule has 1 aliphatic carbocycles. The van der Waals surface area contributed by atoms with Crippen molar-refractivity contribution < 1.29 is 9.13 Å². The SMILES string of the molecule is CC1CCC2(CC1C)C[C@H](N)c1cc(F)ccc1O2. The molecule has 2 aliphatic rings. The van der Waals surface area contributed by atoms with Crippen LogP contribution < -0.4 is 10.5 Å². The Morgan fingerprint density at radius 1 is 1.26 bits per heavy atom. The first-order valence-electron chi connectivity index (χ1n) is 7.23. The van der Waals surface area contributed by atoms with Crippen molar-refractivity contribution in [3.05, 3.63) is 29.6 Å². The number of fused-ring (bicyclic) bond motifs is 1. The third kappa shape index (κ3) is 2.25. The zero-order chi connectivity index (χ0) is 13.6. The summed E-state index contributed by atoms with van der Waals surface area (Å²) in [5.41, 5.74) is 6.94. The van der Waals surface area contributed by atoms with Gasteiger partial charge in [0.15, 0.2) is 0 Å². The topological polar surface area (TPSA) is 35.2 Å². The van der Waals surface area contributed by atoms with Crippen LogP contribution in [0.3, 0.4) is 0 Å². The molecule has 0 amide bonds. The van der Waals surface area contributed by atoms with Gasteiger partial charge in [-0.2, -0.15) is 0 Å². The molecular weight excluding hydrogens is 241 g/mol. The molecule has 1 heterocycles. The number of ether oxygens (including phenoxy) is 1. The van der Waals surface area contributed by atoms with E-state index in [1.54, 1.807) is 6.07 Å². The van der Waals surface area contributed by atoms with Gasteiger partial charge >= 0.3 is 0 Å². The predicted octanol–water partition coefficient (Wildman–Crippen LogP) is 3.80. The fourth-order valence-electron chi connectivity index (χ4n) is 3.63. The summed E-state index contributed by atoms with van der Waals surface area (Å²) in [6.45, 7) is 4.60. The zero-order valence-electron chi connectivity index (χ0n) is 11.7. The molecule has 3 rings (SSSR count). The van der Waals surface area contributed by atoms with Gasteiger partial charge in [-0.15, -0.1) is 0 Å². The molecule has 2 nitrogen and oxygen atoms in total. The van der Waals surface area contributed by atoms with Crippen LogP contribution in [0.5, 0.6) is 5.75 Å². The van der Waals surface area contributed by atoms with Crippen molar-refractivity contribution in [2.75, 3.05) is 0 Å². The van der Waals surface area contributed by atoms with E-state index < -0.39 is 0 Å². The van der Waals surface area contributed by atoms with E-state index in [2.05, 4.69) is 13.8 Å². The molecule has 3 heteroatoms. The van der Waals surface area contributed by atoms with E-state index in [1.807, 2.05) is 0 Å². The number of nitrogens with two attached hydrogens (primary N) is 1. The standard InChI is InChI=1S/C16H22FNO/c1-10-5-6-16(8-11(10)2)9-14(18)13-7-12(17)3-4-15(13)19-16/h3-4,7,10-11,14H,5-6,8-9,18H2,1-2H3/t10?,11?,14-,16?/m0/s1. The molecule has 0 bridgehead atoms. The summed E-state index contributed by atoms with van der Waals surface area (Å²) >= 11 is 0. The van der Waals surface area contributed by atoms with E-state index in [0.717, 1.165) is 36.5 Å². The molecule has 19 heavy (non-hydrogen) atoms. The fourth-order valence-corrected chi connectivity index (χ4v) is 3.63. The van der Waals surface area contributed by atoms with Crippen LogP contribution in [0.1, 0.15) is 51.1 Å². The van der Waals surface area contributed by atoms with Crippen LogP contribution in [0.2, 0.25) is 0 Å². The lowest BCUT2D eigenvalue weighted by molar-refractivity contribution is -0.0288. The molecule has 0 saturated heterocycles. The van der Waals surface area contributed by atoms with Gasteiger partial charge in [-0.1, -0.05) is 13.8 Å².